The lowest BCUT2D eigenvalue weighted by atomic mass is 10.0. The van der Waals surface area contributed by atoms with Crippen LogP contribution < -0.4 is 0 Å². The zero-order chi connectivity index (χ0) is 15.1. The molecule has 2 aromatic rings. The molecule has 7 heteroatoms. The largest absolute Gasteiger partial charge is 0.314 e. The first-order valence-corrected chi connectivity index (χ1v) is 7.09. The molecule has 1 aromatic heterocycles. The molecule has 0 radical (unpaired) electrons. The Morgan fingerprint density at radius 1 is 1.43 bits per heavy atom. The van der Waals surface area contributed by atoms with Crippen molar-refractivity contribution in [2.45, 2.75) is 24.8 Å². The van der Waals surface area contributed by atoms with E-state index in [4.69, 9.17) is 11.6 Å². The summed E-state index contributed by atoms with van der Waals surface area (Å²) in [7, 11) is 1.46. The first kappa shape index (κ1) is 14.0. The van der Waals surface area contributed by atoms with Gasteiger partial charge < -0.3 is 4.57 Å². The van der Waals surface area contributed by atoms with E-state index in [1.54, 1.807) is 16.7 Å². The Morgan fingerprint density at radius 2 is 2.19 bits per heavy atom. The van der Waals surface area contributed by atoms with Crippen molar-refractivity contribution in [1.29, 1.82) is 0 Å². The minimum Gasteiger partial charge on any atom is -0.314 e. The van der Waals surface area contributed by atoms with Crippen LogP contribution in [0.15, 0.2) is 18.2 Å². The molecule has 0 saturated carbocycles. The Bertz CT molecular complexity index is 743. The number of likely N-dealkylation sites (tertiary alicyclic amines) is 1. The molecule has 110 valence electrons. The highest BCUT2D eigenvalue weighted by molar-refractivity contribution is 6.17. The number of para-hydroxylation sites is 1. The van der Waals surface area contributed by atoms with Crippen LogP contribution in [0.3, 0.4) is 0 Å². The molecule has 5 nitrogen and oxygen atoms in total. The number of alkyl halides is 1. The van der Waals surface area contributed by atoms with E-state index in [1.807, 2.05) is 0 Å². The SMILES string of the molecule is CN1C(=O)CCC(n2c(CCl)nc3c(F)cccc32)C1=O. The Kier molecular flexibility index (Phi) is 3.41. The number of carbonyl (C=O) groups excluding carboxylic acids is 2. The molecule has 1 unspecified atom stereocenters. The summed E-state index contributed by atoms with van der Waals surface area (Å²) < 4.78 is 15.5. The maximum atomic E-state index is 13.9. The van der Waals surface area contributed by atoms with Crippen molar-refractivity contribution in [3.63, 3.8) is 0 Å². The van der Waals surface area contributed by atoms with Gasteiger partial charge in [0.1, 0.15) is 17.4 Å². The summed E-state index contributed by atoms with van der Waals surface area (Å²) in [5.41, 5.74) is 0.715. The van der Waals surface area contributed by atoms with Gasteiger partial charge >= 0.3 is 0 Å². The molecule has 2 heterocycles. The van der Waals surface area contributed by atoms with E-state index in [0.717, 1.165) is 4.90 Å². The maximum Gasteiger partial charge on any atom is 0.252 e. The van der Waals surface area contributed by atoms with Gasteiger partial charge in [0.05, 0.1) is 11.4 Å². The summed E-state index contributed by atoms with van der Waals surface area (Å²) in [6, 6.07) is 4.00. The fourth-order valence-electron chi connectivity index (χ4n) is 2.71. The molecule has 1 aromatic carbocycles. The van der Waals surface area contributed by atoms with Gasteiger partial charge in [0.25, 0.3) is 5.91 Å². The van der Waals surface area contributed by atoms with Crippen molar-refractivity contribution < 1.29 is 14.0 Å². The summed E-state index contributed by atoms with van der Waals surface area (Å²) in [6.45, 7) is 0. The second-order valence-electron chi connectivity index (χ2n) is 4.98. The molecule has 3 rings (SSSR count). The number of imide groups is 1. The van der Waals surface area contributed by atoms with E-state index in [0.29, 0.717) is 17.8 Å². The Morgan fingerprint density at radius 3 is 2.90 bits per heavy atom. The van der Waals surface area contributed by atoms with Crippen LogP contribution >= 0.6 is 11.6 Å². The number of halogens is 2. The molecule has 1 saturated heterocycles. The van der Waals surface area contributed by atoms with Gasteiger partial charge in [-0.3, -0.25) is 14.5 Å². The van der Waals surface area contributed by atoms with E-state index in [2.05, 4.69) is 4.98 Å². The Labute approximate surface area is 125 Å². The molecule has 0 aliphatic carbocycles. The van der Waals surface area contributed by atoms with E-state index >= 15 is 0 Å². The first-order valence-electron chi connectivity index (χ1n) is 6.56. The lowest BCUT2D eigenvalue weighted by molar-refractivity contribution is -0.149. The maximum absolute atomic E-state index is 13.9. The van der Waals surface area contributed by atoms with E-state index in [-0.39, 0.29) is 29.6 Å². The quantitative estimate of drug-likeness (QED) is 0.631. The Hall–Kier alpha value is -1.95. The van der Waals surface area contributed by atoms with Crippen LogP contribution in [-0.4, -0.2) is 33.3 Å². The minimum absolute atomic E-state index is 0.0650. The zero-order valence-electron chi connectivity index (χ0n) is 11.3. The minimum atomic E-state index is -0.576. The van der Waals surface area contributed by atoms with Crippen LogP contribution in [0.4, 0.5) is 4.39 Å². The normalized spacial score (nSPS) is 19.6. The molecule has 1 fully saturated rings. The van der Waals surface area contributed by atoms with Crippen molar-refractivity contribution in [3.05, 3.63) is 29.8 Å². The summed E-state index contributed by atoms with van der Waals surface area (Å²) in [4.78, 5) is 29.2. The van der Waals surface area contributed by atoms with Gasteiger partial charge in [0, 0.05) is 13.5 Å². The van der Waals surface area contributed by atoms with Gasteiger partial charge in [0.2, 0.25) is 5.91 Å². The topological polar surface area (TPSA) is 55.2 Å². The Balaban J connectivity index is 2.18. The number of imidazole rings is 1. The van der Waals surface area contributed by atoms with Gasteiger partial charge in [-0.15, -0.1) is 11.6 Å². The predicted molar refractivity (Wildman–Crippen MR) is 75.3 cm³/mol. The van der Waals surface area contributed by atoms with Crippen LogP contribution in [0.25, 0.3) is 11.0 Å². The first-order chi connectivity index (χ1) is 10.0. The van der Waals surface area contributed by atoms with Gasteiger partial charge in [-0.1, -0.05) is 6.07 Å². The van der Waals surface area contributed by atoms with Gasteiger partial charge in [-0.05, 0) is 18.6 Å². The number of aromatic nitrogens is 2. The number of piperidine rings is 1. The summed E-state index contributed by atoms with van der Waals surface area (Å²) in [5, 5.41) is 0. The highest BCUT2D eigenvalue weighted by Gasteiger charge is 2.35. The number of likely N-dealkylation sites (N-methyl/N-ethyl adjacent to an activating group) is 1. The number of fused-ring (bicyclic) bond motifs is 1. The average molecular weight is 310 g/mol. The highest BCUT2D eigenvalue weighted by Crippen LogP contribution is 2.30. The van der Waals surface area contributed by atoms with Gasteiger partial charge in [0.15, 0.2) is 5.82 Å². The number of nitrogens with zero attached hydrogens (tertiary/aromatic N) is 3. The second kappa shape index (κ2) is 5.11. The van der Waals surface area contributed by atoms with Crippen molar-refractivity contribution in [2.75, 3.05) is 7.05 Å². The third-order valence-corrected chi connectivity index (χ3v) is 4.04. The summed E-state index contributed by atoms with van der Waals surface area (Å²) in [6.07, 6.45) is 0.636. The number of benzene rings is 1. The molecular formula is C14H13ClFN3O2. The van der Waals surface area contributed by atoms with Crippen LogP contribution in [0.1, 0.15) is 24.7 Å². The third-order valence-electron chi connectivity index (χ3n) is 3.80. The van der Waals surface area contributed by atoms with Crippen molar-refractivity contribution in [3.8, 4) is 0 Å². The van der Waals surface area contributed by atoms with Crippen molar-refractivity contribution in [1.82, 2.24) is 14.5 Å². The second-order valence-corrected chi connectivity index (χ2v) is 5.25. The van der Waals surface area contributed by atoms with E-state index < -0.39 is 11.9 Å². The van der Waals surface area contributed by atoms with Crippen LogP contribution in [0.2, 0.25) is 0 Å². The molecule has 1 aliphatic heterocycles. The van der Waals surface area contributed by atoms with Crippen molar-refractivity contribution >= 4 is 34.4 Å². The predicted octanol–water partition coefficient (Wildman–Crippen LogP) is 2.23. The molecule has 0 spiro atoms. The number of rotatable bonds is 2. The third kappa shape index (κ3) is 2.10. The van der Waals surface area contributed by atoms with Crippen LogP contribution in [0, 0.1) is 5.82 Å². The number of amides is 2. The average Bonchev–Trinajstić information content (AvgIpc) is 2.85. The number of hydrogen-bond donors (Lipinski definition) is 0. The van der Waals surface area contributed by atoms with E-state index in [1.165, 1.54) is 13.1 Å². The summed E-state index contributed by atoms with van der Waals surface area (Å²) in [5.74, 6) is -0.487. The number of hydrogen-bond acceptors (Lipinski definition) is 3. The van der Waals surface area contributed by atoms with Crippen LogP contribution in [-0.2, 0) is 15.5 Å². The highest BCUT2D eigenvalue weighted by atomic mass is 35.5. The molecule has 2 amide bonds. The fraction of sp³-hybridized carbons (Fsp3) is 0.357. The van der Waals surface area contributed by atoms with Crippen molar-refractivity contribution in [2.24, 2.45) is 0 Å². The molecule has 1 atom stereocenters. The lowest BCUT2D eigenvalue weighted by Gasteiger charge is -2.29. The van der Waals surface area contributed by atoms with E-state index in [9.17, 15) is 14.0 Å². The fourth-order valence-corrected chi connectivity index (χ4v) is 2.90. The lowest BCUT2D eigenvalue weighted by Crippen LogP contribution is -2.43. The molecule has 21 heavy (non-hydrogen) atoms. The standard InChI is InChI=1S/C14H13ClFN3O2/c1-18-12(20)6-5-10(14(18)21)19-9-4-2-3-8(16)13(9)17-11(19)7-15/h2-4,10H,5-7H2,1H3. The number of carbonyl (C=O) groups is 2. The molecular weight excluding hydrogens is 297 g/mol. The van der Waals surface area contributed by atoms with Gasteiger partial charge in [-0.25, -0.2) is 9.37 Å². The van der Waals surface area contributed by atoms with Gasteiger partial charge in [-0.2, -0.15) is 0 Å². The summed E-state index contributed by atoms with van der Waals surface area (Å²) >= 11 is 5.89. The molecule has 1 aliphatic rings. The zero-order valence-corrected chi connectivity index (χ0v) is 12.1. The van der Waals surface area contributed by atoms with Crippen LogP contribution in [0.5, 0.6) is 0 Å². The molecule has 0 N–H and O–H groups in total. The smallest absolute Gasteiger partial charge is 0.252 e. The molecule has 0 bridgehead atoms. The monoisotopic (exact) mass is 309 g/mol.